The van der Waals surface area contributed by atoms with Gasteiger partial charge in [0.25, 0.3) is 5.91 Å². The molecule has 4 heteroatoms. The number of nitrogens with two attached hydrogens (primary N) is 1. The smallest absolute Gasteiger partial charge is 0.251 e. The Hall–Kier alpha value is -1.06. The SMILES string of the molecule is Cc1ccccc1C(=O)NCC1(N)CCC1.Cl. The zero-order valence-electron chi connectivity index (χ0n) is 10.0. The first-order chi connectivity index (χ1) is 7.61. The highest BCUT2D eigenvalue weighted by Crippen LogP contribution is 2.28. The van der Waals surface area contributed by atoms with Gasteiger partial charge >= 0.3 is 0 Å². The van der Waals surface area contributed by atoms with E-state index >= 15 is 0 Å². The van der Waals surface area contributed by atoms with E-state index in [4.69, 9.17) is 5.73 Å². The second-order valence-corrected chi connectivity index (χ2v) is 4.71. The van der Waals surface area contributed by atoms with E-state index in [9.17, 15) is 4.79 Å². The van der Waals surface area contributed by atoms with Crippen LogP contribution in [0.5, 0.6) is 0 Å². The van der Waals surface area contributed by atoms with Gasteiger partial charge in [-0.1, -0.05) is 18.2 Å². The molecule has 1 fully saturated rings. The van der Waals surface area contributed by atoms with Crippen molar-refractivity contribution in [2.24, 2.45) is 5.73 Å². The van der Waals surface area contributed by atoms with Gasteiger partial charge in [0.1, 0.15) is 0 Å². The summed E-state index contributed by atoms with van der Waals surface area (Å²) < 4.78 is 0. The number of benzene rings is 1. The molecule has 1 aromatic rings. The van der Waals surface area contributed by atoms with Crippen LogP contribution < -0.4 is 11.1 Å². The molecule has 0 bridgehead atoms. The van der Waals surface area contributed by atoms with Gasteiger partial charge in [-0.2, -0.15) is 0 Å². The molecule has 1 aromatic carbocycles. The topological polar surface area (TPSA) is 55.1 Å². The van der Waals surface area contributed by atoms with Crippen molar-refractivity contribution in [2.75, 3.05) is 6.54 Å². The quantitative estimate of drug-likeness (QED) is 0.867. The molecule has 0 heterocycles. The fourth-order valence-electron chi connectivity index (χ4n) is 1.99. The molecule has 3 nitrogen and oxygen atoms in total. The van der Waals surface area contributed by atoms with Crippen LogP contribution in [0.4, 0.5) is 0 Å². The van der Waals surface area contributed by atoms with Crippen molar-refractivity contribution in [1.29, 1.82) is 0 Å². The first-order valence-electron chi connectivity index (χ1n) is 5.73. The number of aryl methyl sites for hydroxylation is 1. The average molecular weight is 255 g/mol. The van der Waals surface area contributed by atoms with E-state index < -0.39 is 0 Å². The molecule has 1 amide bonds. The maximum absolute atomic E-state index is 11.9. The van der Waals surface area contributed by atoms with Crippen LogP contribution >= 0.6 is 12.4 Å². The number of carbonyl (C=O) groups is 1. The molecule has 0 unspecified atom stereocenters. The number of hydrogen-bond acceptors (Lipinski definition) is 2. The number of amides is 1. The maximum Gasteiger partial charge on any atom is 0.251 e. The summed E-state index contributed by atoms with van der Waals surface area (Å²) in [4.78, 5) is 11.9. The van der Waals surface area contributed by atoms with Crippen molar-refractivity contribution >= 4 is 18.3 Å². The third kappa shape index (κ3) is 3.20. The van der Waals surface area contributed by atoms with E-state index in [0.717, 1.165) is 24.0 Å². The van der Waals surface area contributed by atoms with Crippen LogP contribution in [-0.2, 0) is 0 Å². The molecule has 0 saturated heterocycles. The predicted octanol–water partition coefficient (Wildman–Crippen LogP) is 2.03. The number of carbonyl (C=O) groups excluding carboxylic acids is 1. The van der Waals surface area contributed by atoms with Crippen LogP contribution in [0.1, 0.15) is 35.2 Å². The Balaban J connectivity index is 0.00000144. The molecular formula is C13H19ClN2O. The van der Waals surface area contributed by atoms with Crippen molar-refractivity contribution in [1.82, 2.24) is 5.32 Å². The molecule has 0 aromatic heterocycles. The fourth-order valence-corrected chi connectivity index (χ4v) is 1.99. The Labute approximate surface area is 108 Å². The highest BCUT2D eigenvalue weighted by Gasteiger charge is 2.32. The van der Waals surface area contributed by atoms with E-state index in [2.05, 4.69) is 5.32 Å². The molecule has 1 aliphatic rings. The summed E-state index contributed by atoms with van der Waals surface area (Å²) in [5.74, 6) is -0.0187. The second kappa shape index (κ2) is 5.52. The molecule has 0 radical (unpaired) electrons. The first kappa shape index (κ1) is 14.0. The molecule has 17 heavy (non-hydrogen) atoms. The zero-order valence-corrected chi connectivity index (χ0v) is 10.8. The second-order valence-electron chi connectivity index (χ2n) is 4.71. The summed E-state index contributed by atoms with van der Waals surface area (Å²) >= 11 is 0. The van der Waals surface area contributed by atoms with Gasteiger partial charge in [0.2, 0.25) is 0 Å². The van der Waals surface area contributed by atoms with Gasteiger partial charge in [0, 0.05) is 17.6 Å². The van der Waals surface area contributed by atoms with Gasteiger partial charge in [-0.25, -0.2) is 0 Å². The Bertz CT molecular complexity index is 402. The molecule has 1 saturated carbocycles. The largest absolute Gasteiger partial charge is 0.350 e. The van der Waals surface area contributed by atoms with E-state index in [-0.39, 0.29) is 23.9 Å². The molecule has 0 aliphatic heterocycles. The van der Waals surface area contributed by atoms with Gasteiger partial charge in [0.15, 0.2) is 0 Å². The number of hydrogen-bond donors (Lipinski definition) is 2. The third-order valence-corrected chi connectivity index (χ3v) is 3.34. The summed E-state index contributed by atoms with van der Waals surface area (Å²) in [7, 11) is 0. The van der Waals surface area contributed by atoms with Gasteiger partial charge in [-0.15, -0.1) is 12.4 Å². The maximum atomic E-state index is 11.9. The van der Waals surface area contributed by atoms with Gasteiger partial charge < -0.3 is 11.1 Å². The van der Waals surface area contributed by atoms with E-state index in [1.54, 1.807) is 0 Å². The molecule has 2 rings (SSSR count). The molecule has 94 valence electrons. The van der Waals surface area contributed by atoms with Gasteiger partial charge in [-0.05, 0) is 37.8 Å². The van der Waals surface area contributed by atoms with Crippen LogP contribution in [0.2, 0.25) is 0 Å². The standard InChI is InChI=1S/C13H18N2O.ClH/c1-10-5-2-3-6-11(10)12(16)15-9-13(14)7-4-8-13;/h2-3,5-6H,4,7-9,14H2,1H3,(H,15,16);1H. The summed E-state index contributed by atoms with van der Waals surface area (Å²) in [6.07, 6.45) is 3.21. The van der Waals surface area contributed by atoms with Crippen molar-refractivity contribution in [2.45, 2.75) is 31.7 Å². The average Bonchev–Trinajstić information content (AvgIpc) is 2.24. The third-order valence-electron chi connectivity index (χ3n) is 3.34. The summed E-state index contributed by atoms with van der Waals surface area (Å²) in [5.41, 5.74) is 7.64. The van der Waals surface area contributed by atoms with Gasteiger partial charge in [0.05, 0.1) is 0 Å². The van der Waals surface area contributed by atoms with Crippen molar-refractivity contribution in [3.05, 3.63) is 35.4 Å². The summed E-state index contributed by atoms with van der Waals surface area (Å²) in [6, 6.07) is 7.59. The van der Waals surface area contributed by atoms with Crippen molar-refractivity contribution in [3.8, 4) is 0 Å². The minimum absolute atomic E-state index is 0. The molecule has 0 spiro atoms. The minimum Gasteiger partial charge on any atom is -0.350 e. The lowest BCUT2D eigenvalue weighted by molar-refractivity contribution is 0.0929. The number of nitrogens with one attached hydrogen (secondary N) is 1. The van der Waals surface area contributed by atoms with Crippen LogP contribution in [0.3, 0.4) is 0 Å². The minimum atomic E-state index is -0.154. The Morgan fingerprint density at radius 1 is 1.41 bits per heavy atom. The summed E-state index contributed by atoms with van der Waals surface area (Å²) in [6.45, 7) is 2.52. The predicted molar refractivity (Wildman–Crippen MR) is 71.5 cm³/mol. The Morgan fingerprint density at radius 2 is 2.06 bits per heavy atom. The zero-order chi connectivity index (χ0) is 11.6. The van der Waals surface area contributed by atoms with Crippen LogP contribution in [0.25, 0.3) is 0 Å². The summed E-state index contributed by atoms with van der Waals surface area (Å²) in [5, 5.41) is 2.92. The van der Waals surface area contributed by atoms with E-state index in [1.165, 1.54) is 6.42 Å². The molecule has 0 atom stereocenters. The Kier molecular flexibility index (Phi) is 4.54. The van der Waals surface area contributed by atoms with Crippen molar-refractivity contribution < 1.29 is 4.79 Å². The highest BCUT2D eigenvalue weighted by atomic mass is 35.5. The number of rotatable bonds is 3. The van der Waals surface area contributed by atoms with E-state index in [0.29, 0.717) is 6.54 Å². The lowest BCUT2D eigenvalue weighted by Gasteiger charge is -2.38. The first-order valence-corrected chi connectivity index (χ1v) is 5.73. The molecule has 3 N–H and O–H groups in total. The normalized spacial score (nSPS) is 16.6. The van der Waals surface area contributed by atoms with Crippen LogP contribution in [0, 0.1) is 6.92 Å². The molecular weight excluding hydrogens is 236 g/mol. The Morgan fingerprint density at radius 3 is 2.59 bits per heavy atom. The monoisotopic (exact) mass is 254 g/mol. The fraction of sp³-hybridized carbons (Fsp3) is 0.462. The van der Waals surface area contributed by atoms with Gasteiger partial charge in [-0.3, -0.25) is 4.79 Å². The van der Waals surface area contributed by atoms with Crippen LogP contribution in [-0.4, -0.2) is 18.0 Å². The van der Waals surface area contributed by atoms with Crippen molar-refractivity contribution in [3.63, 3.8) is 0 Å². The number of halogens is 1. The highest BCUT2D eigenvalue weighted by molar-refractivity contribution is 5.95. The lowest BCUT2D eigenvalue weighted by Crippen LogP contribution is -2.54. The molecule has 1 aliphatic carbocycles. The lowest BCUT2D eigenvalue weighted by atomic mass is 9.78. The van der Waals surface area contributed by atoms with Crippen LogP contribution in [0.15, 0.2) is 24.3 Å². The van der Waals surface area contributed by atoms with E-state index in [1.807, 2.05) is 31.2 Å².